The quantitative estimate of drug-likeness (QED) is 0.781. The zero-order valence-electron chi connectivity index (χ0n) is 16.0. The van der Waals surface area contributed by atoms with E-state index in [-0.39, 0.29) is 17.3 Å². The molecular weight excluding hydrogens is 348 g/mol. The van der Waals surface area contributed by atoms with Crippen LogP contribution in [0, 0.1) is 20.8 Å². The van der Waals surface area contributed by atoms with Gasteiger partial charge >= 0.3 is 0 Å². The molecule has 140 valence electrons. The summed E-state index contributed by atoms with van der Waals surface area (Å²) in [6, 6.07) is 13.3. The summed E-state index contributed by atoms with van der Waals surface area (Å²) >= 11 is 0. The molecule has 2 rings (SSSR count). The van der Waals surface area contributed by atoms with Crippen molar-refractivity contribution in [1.82, 2.24) is 9.21 Å². The molecule has 26 heavy (non-hydrogen) atoms. The van der Waals surface area contributed by atoms with Crippen LogP contribution in [0.1, 0.15) is 22.3 Å². The second-order valence-electron chi connectivity index (χ2n) is 6.72. The molecule has 0 aliphatic carbocycles. The number of sulfonamides is 1. The van der Waals surface area contributed by atoms with Gasteiger partial charge in [0.2, 0.25) is 15.9 Å². The van der Waals surface area contributed by atoms with Crippen molar-refractivity contribution in [3.05, 3.63) is 64.7 Å². The van der Waals surface area contributed by atoms with Crippen molar-refractivity contribution in [3.63, 3.8) is 0 Å². The summed E-state index contributed by atoms with van der Waals surface area (Å²) in [5, 5.41) is 0. The van der Waals surface area contributed by atoms with Crippen molar-refractivity contribution in [2.45, 2.75) is 32.2 Å². The van der Waals surface area contributed by atoms with Crippen LogP contribution < -0.4 is 0 Å². The highest BCUT2D eigenvalue weighted by atomic mass is 32.2. The number of hydrogen-bond acceptors (Lipinski definition) is 3. The van der Waals surface area contributed by atoms with E-state index in [0.29, 0.717) is 17.7 Å². The molecule has 0 fully saturated rings. The molecule has 5 nitrogen and oxygen atoms in total. The highest BCUT2D eigenvalue weighted by Gasteiger charge is 2.27. The zero-order chi connectivity index (χ0) is 19.5. The number of rotatable bonds is 6. The molecule has 0 N–H and O–H groups in total. The first kappa shape index (κ1) is 20.1. The Morgan fingerprint density at radius 3 is 2.04 bits per heavy atom. The molecule has 6 heteroatoms. The van der Waals surface area contributed by atoms with E-state index in [1.54, 1.807) is 20.9 Å². The van der Waals surface area contributed by atoms with Crippen molar-refractivity contribution in [2.24, 2.45) is 0 Å². The molecular formula is C20H26N2O3S. The van der Waals surface area contributed by atoms with Gasteiger partial charge in [-0.05, 0) is 37.5 Å². The van der Waals surface area contributed by atoms with E-state index < -0.39 is 10.0 Å². The smallest absolute Gasteiger partial charge is 0.243 e. The van der Waals surface area contributed by atoms with Crippen LogP contribution in [0.4, 0.5) is 0 Å². The van der Waals surface area contributed by atoms with Crippen molar-refractivity contribution >= 4 is 15.9 Å². The first-order valence-corrected chi connectivity index (χ1v) is 9.89. The fourth-order valence-electron chi connectivity index (χ4n) is 3.07. The predicted molar refractivity (Wildman–Crippen MR) is 103 cm³/mol. The molecule has 0 spiro atoms. The van der Waals surface area contributed by atoms with Gasteiger partial charge in [0.05, 0.1) is 11.4 Å². The average Bonchev–Trinajstić information content (AvgIpc) is 2.54. The summed E-state index contributed by atoms with van der Waals surface area (Å²) < 4.78 is 27.0. The summed E-state index contributed by atoms with van der Waals surface area (Å²) in [6.07, 6.45) is 0. The fraction of sp³-hybridized carbons (Fsp3) is 0.350. The maximum atomic E-state index is 13.0. The Kier molecular flexibility index (Phi) is 6.21. The first-order chi connectivity index (χ1) is 12.1. The van der Waals surface area contributed by atoms with Crippen LogP contribution in [0.3, 0.4) is 0 Å². The Balaban J connectivity index is 2.15. The van der Waals surface area contributed by atoms with Gasteiger partial charge in [-0.15, -0.1) is 0 Å². The van der Waals surface area contributed by atoms with Gasteiger partial charge in [-0.3, -0.25) is 4.79 Å². The Hall–Kier alpha value is -2.18. The normalized spacial score (nSPS) is 11.6. The standard InChI is InChI=1S/C20H26N2O3S/c1-15-11-16(2)20(17(3)12-15)26(24,25)22(5)14-19(23)21(4)13-18-9-7-6-8-10-18/h6-12H,13-14H2,1-5H3. The Morgan fingerprint density at radius 1 is 0.962 bits per heavy atom. The maximum absolute atomic E-state index is 13.0. The third kappa shape index (κ3) is 4.51. The Morgan fingerprint density at radius 2 is 1.50 bits per heavy atom. The molecule has 0 saturated carbocycles. The van der Waals surface area contributed by atoms with Crippen molar-refractivity contribution in [1.29, 1.82) is 0 Å². The van der Waals surface area contributed by atoms with Gasteiger partial charge in [0.15, 0.2) is 0 Å². The molecule has 2 aromatic rings. The summed E-state index contributed by atoms with van der Waals surface area (Å²) in [5.41, 5.74) is 3.40. The van der Waals surface area contributed by atoms with Gasteiger partial charge in [-0.25, -0.2) is 8.42 Å². The minimum Gasteiger partial charge on any atom is -0.340 e. The SMILES string of the molecule is Cc1cc(C)c(S(=O)(=O)N(C)CC(=O)N(C)Cc2ccccc2)c(C)c1. The number of nitrogens with zero attached hydrogens (tertiary/aromatic N) is 2. The van der Waals surface area contributed by atoms with Crippen LogP contribution in [0.5, 0.6) is 0 Å². The van der Waals surface area contributed by atoms with Crippen LogP contribution in [0.15, 0.2) is 47.4 Å². The van der Waals surface area contributed by atoms with E-state index in [2.05, 4.69) is 0 Å². The lowest BCUT2D eigenvalue weighted by Crippen LogP contribution is -2.39. The molecule has 0 bridgehead atoms. The maximum Gasteiger partial charge on any atom is 0.243 e. The summed E-state index contributed by atoms with van der Waals surface area (Å²) in [6.45, 7) is 5.74. The molecule has 2 aromatic carbocycles. The minimum atomic E-state index is -3.73. The van der Waals surface area contributed by atoms with Crippen LogP contribution in [0.2, 0.25) is 0 Å². The number of likely N-dealkylation sites (N-methyl/N-ethyl adjacent to an activating group) is 2. The molecule has 0 atom stereocenters. The molecule has 0 radical (unpaired) electrons. The Bertz CT molecular complexity index is 870. The molecule has 0 unspecified atom stereocenters. The highest BCUT2D eigenvalue weighted by Crippen LogP contribution is 2.24. The largest absolute Gasteiger partial charge is 0.340 e. The Labute approximate surface area is 156 Å². The number of carbonyl (C=O) groups is 1. The van der Waals surface area contributed by atoms with Crippen LogP contribution in [-0.4, -0.2) is 44.2 Å². The summed E-state index contributed by atoms with van der Waals surface area (Å²) in [5.74, 6) is -0.248. The van der Waals surface area contributed by atoms with Gasteiger partial charge in [0.25, 0.3) is 0 Å². The van der Waals surface area contributed by atoms with Crippen LogP contribution in [0.25, 0.3) is 0 Å². The van der Waals surface area contributed by atoms with Gasteiger partial charge in [-0.2, -0.15) is 4.31 Å². The van der Waals surface area contributed by atoms with Crippen molar-refractivity contribution in [3.8, 4) is 0 Å². The number of benzene rings is 2. The lowest BCUT2D eigenvalue weighted by molar-refractivity contribution is -0.130. The minimum absolute atomic E-state index is 0.196. The number of carbonyl (C=O) groups excluding carboxylic acids is 1. The predicted octanol–water partition coefficient (Wildman–Crippen LogP) is 2.89. The third-order valence-corrected chi connectivity index (χ3v) is 6.43. The zero-order valence-corrected chi connectivity index (χ0v) is 16.8. The fourth-order valence-corrected chi connectivity index (χ4v) is 4.59. The number of hydrogen-bond donors (Lipinski definition) is 0. The van der Waals surface area contributed by atoms with Crippen molar-refractivity contribution < 1.29 is 13.2 Å². The topological polar surface area (TPSA) is 57.7 Å². The van der Waals surface area contributed by atoms with Crippen molar-refractivity contribution in [2.75, 3.05) is 20.6 Å². The molecule has 0 aromatic heterocycles. The lowest BCUT2D eigenvalue weighted by Gasteiger charge is -2.23. The molecule has 0 saturated heterocycles. The highest BCUT2D eigenvalue weighted by molar-refractivity contribution is 7.89. The van der Waals surface area contributed by atoms with E-state index >= 15 is 0 Å². The average molecular weight is 375 g/mol. The van der Waals surface area contributed by atoms with Gasteiger partial charge in [0.1, 0.15) is 0 Å². The van der Waals surface area contributed by atoms with E-state index in [4.69, 9.17) is 0 Å². The van der Waals surface area contributed by atoms with Gasteiger partial charge in [-0.1, -0.05) is 48.0 Å². The number of amides is 1. The second kappa shape index (κ2) is 8.01. The molecule has 0 heterocycles. The summed E-state index contributed by atoms with van der Waals surface area (Å²) in [4.78, 5) is 14.3. The third-order valence-electron chi connectivity index (χ3n) is 4.32. The van der Waals surface area contributed by atoms with Crippen LogP contribution in [-0.2, 0) is 21.4 Å². The van der Waals surface area contributed by atoms with E-state index in [0.717, 1.165) is 15.4 Å². The molecule has 0 aliphatic rings. The van der Waals surface area contributed by atoms with E-state index in [1.165, 1.54) is 11.9 Å². The monoisotopic (exact) mass is 374 g/mol. The second-order valence-corrected chi connectivity index (χ2v) is 8.71. The van der Waals surface area contributed by atoms with Gasteiger partial charge in [0, 0.05) is 20.6 Å². The van der Waals surface area contributed by atoms with Gasteiger partial charge < -0.3 is 4.90 Å². The van der Waals surface area contributed by atoms with Crippen LogP contribution >= 0.6 is 0 Å². The summed E-state index contributed by atoms with van der Waals surface area (Å²) in [7, 11) is -0.607. The molecule has 1 amide bonds. The lowest BCUT2D eigenvalue weighted by atomic mass is 10.1. The van der Waals surface area contributed by atoms with E-state index in [1.807, 2.05) is 49.4 Å². The first-order valence-electron chi connectivity index (χ1n) is 8.45. The van der Waals surface area contributed by atoms with E-state index in [9.17, 15) is 13.2 Å². The molecule has 0 aliphatic heterocycles. The number of aryl methyl sites for hydroxylation is 3.